The predicted molar refractivity (Wildman–Crippen MR) is 121 cm³/mol. The maximum atomic E-state index is 13.2. The molecule has 1 saturated carbocycles. The molecule has 1 unspecified atom stereocenters. The molecule has 0 aromatic carbocycles. The van der Waals surface area contributed by atoms with E-state index in [1.165, 1.54) is 5.56 Å². The van der Waals surface area contributed by atoms with Gasteiger partial charge in [0.1, 0.15) is 0 Å². The molecule has 3 aromatic heterocycles. The van der Waals surface area contributed by atoms with Crippen LogP contribution in [0.5, 0.6) is 0 Å². The molecule has 1 saturated heterocycles. The Labute approximate surface area is 196 Å². The Hall–Kier alpha value is -3.69. The number of nitrogens with one attached hydrogen (secondary N) is 1. The first-order valence-electron chi connectivity index (χ1n) is 11.7. The normalized spacial score (nSPS) is 20.4. The minimum absolute atomic E-state index is 0.0130. The first-order chi connectivity index (χ1) is 16.5. The number of aryl methyl sites for hydroxylation is 1. The van der Waals surface area contributed by atoms with Crippen LogP contribution in [0.2, 0.25) is 0 Å². The van der Waals surface area contributed by atoms with Crippen molar-refractivity contribution >= 4 is 11.9 Å². The number of hydrogen-bond acceptors (Lipinski definition) is 6. The van der Waals surface area contributed by atoms with Crippen molar-refractivity contribution in [2.75, 3.05) is 19.6 Å². The number of rotatable bonds is 4. The highest BCUT2D eigenvalue weighted by Crippen LogP contribution is 2.59. The second kappa shape index (κ2) is 7.96. The fourth-order valence-corrected chi connectivity index (χ4v) is 5.50. The number of pyridine rings is 1. The standard InChI is InChI=1S/C24H27N7O3/c1-29-15-19(20-3-7-27-34-20)21(28-29)22(32)30-8-4-24(5-9-30)10-18(24)12-26-23(33)31-13-16-2-6-25-11-17(16)14-31/h2-3,6-7,11,15,18H,4-5,8-10,12-14H2,1H3,(H,26,33). The number of likely N-dealkylation sites (tertiary alicyclic amines) is 1. The van der Waals surface area contributed by atoms with Crippen LogP contribution in [-0.2, 0) is 20.1 Å². The Morgan fingerprint density at radius 2 is 1.97 bits per heavy atom. The third kappa shape index (κ3) is 3.63. The molecule has 1 aliphatic carbocycles. The fourth-order valence-electron chi connectivity index (χ4n) is 5.50. The van der Waals surface area contributed by atoms with Gasteiger partial charge in [0.2, 0.25) is 0 Å². The van der Waals surface area contributed by atoms with E-state index in [1.807, 2.05) is 22.1 Å². The number of carbonyl (C=O) groups excluding carboxylic acids is 2. The van der Waals surface area contributed by atoms with Crippen LogP contribution in [0, 0.1) is 11.3 Å². The van der Waals surface area contributed by atoms with Gasteiger partial charge in [-0.3, -0.25) is 14.5 Å². The van der Waals surface area contributed by atoms with Crippen molar-refractivity contribution in [3.05, 3.63) is 53.7 Å². The van der Waals surface area contributed by atoms with Crippen LogP contribution in [0.15, 0.2) is 41.4 Å². The first-order valence-corrected chi connectivity index (χ1v) is 11.7. The van der Waals surface area contributed by atoms with Crippen molar-refractivity contribution in [1.82, 2.24) is 35.0 Å². The van der Waals surface area contributed by atoms with E-state index in [2.05, 4.69) is 20.6 Å². The molecule has 3 aliphatic rings. The van der Waals surface area contributed by atoms with Crippen molar-refractivity contribution in [2.45, 2.75) is 32.4 Å². The van der Waals surface area contributed by atoms with E-state index < -0.39 is 0 Å². The molecular weight excluding hydrogens is 434 g/mol. The Bertz CT molecular complexity index is 1200. The van der Waals surface area contributed by atoms with Gasteiger partial charge < -0.3 is 19.6 Å². The largest absolute Gasteiger partial charge is 0.356 e. The van der Waals surface area contributed by atoms with Crippen LogP contribution in [-0.4, -0.2) is 61.3 Å². The zero-order valence-corrected chi connectivity index (χ0v) is 19.1. The van der Waals surface area contributed by atoms with Gasteiger partial charge in [-0.25, -0.2) is 4.79 Å². The summed E-state index contributed by atoms with van der Waals surface area (Å²) in [6, 6.07) is 3.70. The Morgan fingerprint density at radius 1 is 1.15 bits per heavy atom. The number of piperidine rings is 1. The van der Waals surface area contributed by atoms with E-state index >= 15 is 0 Å². The Morgan fingerprint density at radius 3 is 2.74 bits per heavy atom. The maximum absolute atomic E-state index is 13.2. The molecule has 34 heavy (non-hydrogen) atoms. The number of carbonyl (C=O) groups is 2. The molecule has 176 valence electrons. The van der Waals surface area contributed by atoms with E-state index in [0.717, 1.165) is 24.8 Å². The fraction of sp³-hybridized carbons (Fsp3) is 0.458. The quantitative estimate of drug-likeness (QED) is 0.639. The molecule has 5 heterocycles. The lowest BCUT2D eigenvalue weighted by Gasteiger charge is -2.33. The summed E-state index contributed by atoms with van der Waals surface area (Å²) in [6.07, 6.45) is 9.96. The molecule has 6 rings (SSSR count). The molecule has 1 spiro atoms. The van der Waals surface area contributed by atoms with E-state index in [9.17, 15) is 9.59 Å². The summed E-state index contributed by atoms with van der Waals surface area (Å²) in [4.78, 5) is 33.8. The molecule has 2 fully saturated rings. The van der Waals surface area contributed by atoms with Gasteiger partial charge in [0.05, 0.1) is 11.8 Å². The second-order valence-corrected chi connectivity index (χ2v) is 9.68. The summed E-state index contributed by atoms with van der Waals surface area (Å²) in [5, 5.41) is 11.3. The minimum atomic E-state index is -0.0737. The number of fused-ring (bicyclic) bond motifs is 1. The van der Waals surface area contributed by atoms with Gasteiger partial charge in [0.15, 0.2) is 11.5 Å². The first kappa shape index (κ1) is 20.9. The number of amides is 3. The highest BCUT2D eigenvalue weighted by atomic mass is 16.5. The minimum Gasteiger partial charge on any atom is -0.356 e. The van der Waals surface area contributed by atoms with Gasteiger partial charge in [-0.15, -0.1) is 0 Å². The van der Waals surface area contributed by atoms with Gasteiger partial charge in [-0.2, -0.15) is 5.10 Å². The number of nitrogens with zero attached hydrogens (tertiary/aromatic N) is 6. The van der Waals surface area contributed by atoms with Crippen LogP contribution in [0.1, 0.15) is 40.9 Å². The molecule has 10 heteroatoms. The molecule has 1 atom stereocenters. The number of hydrogen-bond donors (Lipinski definition) is 1. The zero-order chi connectivity index (χ0) is 23.3. The molecule has 0 bridgehead atoms. The van der Waals surface area contributed by atoms with Gasteiger partial charge in [0, 0.05) is 64.4 Å². The molecule has 0 radical (unpaired) electrons. The van der Waals surface area contributed by atoms with Crippen molar-refractivity contribution < 1.29 is 14.1 Å². The summed E-state index contributed by atoms with van der Waals surface area (Å²) in [5.41, 5.74) is 3.59. The van der Waals surface area contributed by atoms with Crippen molar-refractivity contribution in [1.29, 1.82) is 0 Å². The third-order valence-corrected chi connectivity index (χ3v) is 7.65. The number of aromatic nitrogens is 4. The highest BCUT2D eigenvalue weighted by Gasteiger charge is 2.55. The third-order valence-electron chi connectivity index (χ3n) is 7.65. The van der Waals surface area contributed by atoms with Gasteiger partial charge >= 0.3 is 6.03 Å². The SMILES string of the molecule is Cn1cc(-c2ccno2)c(C(=O)N2CCC3(CC2)CC3CNC(=O)N2Cc3ccncc3C2)n1. The molecule has 1 N–H and O–H groups in total. The van der Waals surface area contributed by atoms with Crippen LogP contribution in [0.25, 0.3) is 11.3 Å². The molecule has 2 aliphatic heterocycles. The summed E-state index contributed by atoms with van der Waals surface area (Å²) in [7, 11) is 1.79. The van der Waals surface area contributed by atoms with E-state index in [1.54, 1.807) is 36.4 Å². The molecular formula is C24H27N7O3. The van der Waals surface area contributed by atoms with Crippen LogP contribution >= 0.6 is 0 Å². The molecule has 10 nitrogen and oxygen atoms in total. The lowest BCUT2D eigenvalue weighted by atomic mass is 9.90. The summed E-state index contributed by atoms with van der Waals surface area (Å²) in [6.45, 7) is 3.34. The van der Waals surface area contributed by atoms with Crippen LogP contribution < -0.4 is 5.32 Å². The smallest absolute Gasteiger partial charge is 0.318 e. The van der Waals surface area contributed by atoms with Gasteiger partial charge in [-0.05, 0) is 47.8 Å². The van der Waals surface area contributed by atoms with Crippen molar-refractivity contribution in [2.24, 2.45) is 18.4 Å². The lowest BCUT2D eigenvalue weighted by Crippen LogP contribution is -2.41. The molecule has 3 amide bonds. The lowest BCUT2D eigenvalue weighted by molar-refractivity contribution is 0.0662. The van der Waals surface area contributed by atoms with Gasteiger partial charge in [0.25, 0.3) is 5.91 Å². The van der Waals surface area contributed by atoms with Crippen molar-refractivity contribution in [3.63, 3.8) is 0 Å². The summed E-state index contributed by atoms with van der Waals surface area (Å²) < 4.78 is 6.88. The Balaban J connectivity index is 1.02. The zero-order valence-electron chi connectivity index (χ0n) is 19.1. The monoisotopic (exact) mass is 461 g/mol. The van der Waals surface area contributed by atoms with Crippen molar-refractivity contribution in [3.8, 4) is 11.3 Å². The predicted octanol–water partition coefficient (Wildman–Crippen LogP) is 2.44. The maximum Gasteiger partial charge on any atom is 0.318 e. The molecule has 3 aromatic rings. The van der Waals surface area contributed by atoms with E-state index in [4.69, 9.17) is 4.52 Å². The average Bonchev–Trinajstić information content (AvgIpc) is 3.32. The number of urea groups is 1. The van der Waals surface area contributed by atoms with E-state index in [-0.39, 0.29) is 17.4 Å². The highest BCUT2D eigenvalue weighted by molar-refractivity contribution is 5.98. The van der Waals surface area contributed by atoms with Gasteiger partial charge in [-0.1, -0.05) is 5.16 Å². The summed E-state index contributed by atoms with van der Waals surface area (Å²) >= 11 is 0. The van der Waals surface area contributed by atoms with Crippen LogP contribution in [0.3, 0.4) is 0 Å². The topological polar surface area (TPSA) is 109 Å². The Kier molecular flexibility index (Phi) is 4.89. The van der Waals surface area contributed by atoms with Crippen LogP contribution in [0.4, 0.5) is 4.79 Å². The van der Waals surface area contributed by atoms with E-state index in [0.29, 0.717) is 55.7 Å². The second-order valence-electron chi connectivity index (χ2n) is 9.68. The average molecular weight is 462 g/mol. The summed E-state index contributed by atoms with van der Waals surface area (Å²) in [5.74, 6) is 0.940.